The number of nitrogens with zero attached hydrogens (tertiary/aromatic N) is 2. The van der Waals surface area contributed by atoms with E-state index >= 15 is 0 Å². The molecular weight excluding hydrogens is 424 g/mol. The minimum atomic E-state index is -3.97. The minimum absolute atomic E-state index is 0.0540. The van der Waals surface area contributed by atoms with Gasteiger partial charge in [-0.05, 0) is 42.1 Å². The van der Waals surface area contributed by atoms with Gasteiger partial charge in [0, 0.05) is 18.2 Å². The molecule has 2 aromatic rings. The second-order valence-electron chi connectivity index (χ2n) is 6.08. The summed E-state index contributed by atoms with van der Waals surface area (Å²) in [5.74, 6) is 0.775. The Morgan fingerprint density at radius 2 is 1.87 bits per heavy atom. The molecule has 9 heteroatoms. The fraction of sp³-hybridized carbons (Fsp3) is 0.143. The van der Waals surface area contributed by atoms with Crippen molar-refractivity contribution in [2.45, 2.75) is 4.90 Å². The van der Waals surface area contributed by atoms with E-state index in [1.165, 1.54) is 30.2 Å². The summed E-state index contributed by atoms with van der Waals surface area (Å²) < 4.78 is 39.8. The molecule has 1 aliphatic heterocycles. The summed E-state index contributed by atoms with van der Waals surface area (Å²) in [6.07, 6.45) is 3.15. The molecule has 2 aromatic carbocycles. The normalized spacial score (nSPS) is 16.9. The van der Waals surface area contributed by atoms with Crippen LogP contribution in [0.25, 0.3) is 6.08 Å². The predicted octanol–water partition coefficient (Wildman–Crippen LogP) is 3.55. The summed E-state index contributed by atoms with van der Waals surface area (Å²) in [5, 5.41) is 0.0717. The van der Waals surface area contributed by atoms with Crippen molar-refractivity contribution in [3.05, 3.63) is 71.7 Å². The number of amidine groups is 1. The van der Waals surface area contributed by atoms with Crippen LogP contribution < -0.4 is 9.47 Å². The number of thioether (sulfide) groups is 1. The van der Waals surface area contributed by atoms with Crippen LogP contribution in [0.1, 0.15) is 5.56 Å². The van der Waals surface area contributed by atoms with Crippen LogP contribution in [0.2, 0.25) is 0 Å². The van der Waals surface area contributed by atoms with E-state index in [1.54, 1.807) is 49.6 Å². The molecule has 1 amide bonds. The third kappa shape index (κ3) is 4.58. The third-order valence-electron chi connectivity index (χ3n) is 4.17. The molecule has 0 radical (unpaired) electrons. The van der Waals surface area contributed by atoms with Gasteiger partial charge in [0.25, 0.3) is 15.9 Å². The molecule has 0 aromatic heterocycles. The molecule has 0 spiro atoms. The third-order valence-corrected chi connectivity index (χ3v) is 6.57. The number of rotatable bonds is 7. The maximum atomic E-state index is 12.9. The minimum Gasteiger partial charge on any atom is -0.497 e. The number of methoxy groups -OCH3 is 2. The van der Waals surface area contributed by atoms with Gasteiger partial charge < -0.3 is 9.47 Å². The molecule has 0 aliphatic carbocycles. The van der Waals surface area contributed by atoms with Gasteiger partial charge in [-0.25, -0.2) is 0 Å². The van der Waals surface area contributed by atoms with E-state index < -0.39 is 10.0 Å². The van der Waals surface area contributed by atoms with E-state index in [4.69, 9.17) is 9.47 Å². The van der Waals surface area contributed by atoms with Crippen molar-refractivity contribution < 1.29 is 22.7 Å². The van der Waals surface area contributed by atoms with E-state index in [0.29, 0.717) is 22.0 Å². The fourth-order valence-electron chi connectivity index (χ4n) is 2.69. The Balaban J connectivity index is 2.01. The highest BCUT2D eigenvalue weighted by molar-refractivity contribution is 8.19. The molecule has 30 heavy (non-hydrogen) atoms. The zero-order valence-corrected chi connectivity index (χ0v) is 18.1. The van der Waals surface area contributed by atoms with Crippen molar-refractivity contribution in [3.8, 4) is 11.5 Å². The first-order valence-electron chi connectivity index (χ1n) is 8.84. The van der Waals surface area contributed by atoms with Crippen LogP contribution >= 0.6 is 11.8 Å². The van der Waals surface area contributed by atoms with E-state index in [0.717, 1.165) is 11.8 Å². The molecule has 0 N–H and O–H groups in total. The van der Waals surface area contributed by atoms with E-state index in [9.17, 15) is 13.2 Å². The zero-order valence-electron chi connectivity index (χ0n) is 16.4. The van der Waals surface area contributed by atoms with Crippen LogP contribution in [0.3, 0.4) is 0 Å². The summed E-state index contributed by atoms with van der Waals surface area (Å²) in [4.78, 5) is 14.6. The number of amides is 1. The highest BCUT2D eigenvalue weighted by atomic mass is 32.2. The van der Waals surface area contributed by atoms with Crippen LogP contribution in [-0.2, 0) is 14.8 Å². The van der Waals surface area contributed by atoms with Gasteiger partial charge in [0.15, 0.2) is 5.17 Å². The molecule has 1 saturated heterocycles. The van der Waals surface area contributed by atoms with Gasteiger partial charge in [-0.1, -0.05) is 24.3 Å². The van der Waals surface area contributed by atoms with Gasteiger partial charge in [0.2, 0.25) is 0 Å². The number of benzene rings is 2. The van der Waals surface area contributed by atoms with Crippen molar-refractivity contribution in [2.24, 2.45) is 4.40 Å². The summed E-state index contributed by atoms with van der Waals surface area (Å²) in [6, 6.07) is 13.1. The molecule has 0 atom stereocenters. The summed E-state index contributed by atoms with van der Waals surface area (Å²) >= 11 is 0.986. The van der Waals surface area contributed by atoms with Crippen molar-refractivity contribution in [1.82, 2.24) is 4.90 Å². The van der Waals surface area contributed by atoms with E-state index in [1.807, 2.05) is 0 Å². The number of carbonyl (C=O) groups is 1. The van der Waals surface area contributed by atoms with Gasteiger partial charge in [-0.15, -0.1) is 11.0 Å². The quantitative estimate of drug-likeness (QED) is 0.480. The molecule has 0 unspecified atom stereocenters. The van der Waals surface area contributed by atoms with Gasteiger partial charge in [-0.2, -0.15) is 8.42 Å². The molecule has 0 bridgehead atoms. The molecular formula is C21H20N2O5S2. The Labute approximate surface area is 179 Å². The topological polar surface area (TPSA) is 85.3 Å². The summed E-state index contributed by atoms with van der Waals surface area (Å²) in [6.45, 7) is 3.77. The van der Waals surface area contributed by atoms with Crippen LogP contribution in [-0.4, -0.2) is 45.2 Å². The van der Waals surface area contributed by atoms with Gasteiger partial charge in [-0.3, -0.25) is 9.69 Å². The van der Waals surface area contributed by atoms with Crippen LogP contribution in [0.4, 0.5) is 0 Å². The lowest BCUT2D eigenvalue weighted by atomic mass is 10.1. The lowest BCUT2D eigenvalue weighted by molar-refractivity contribution is -0.121. The maximum Gasteiger partial charge on any atom is 0.284 e. The monoisotopic (exact) mass is 444 g/mol. The van der Waals surface area contributed by atoms with Crippen LogP contribution in [0.5, 0.6) is 11.5 Å². The largest absolute Gasteiger partial charge is 0.497 e. The van der Waals surface area contributed by atoms with Gasteiger partial charge in [0.05, 0.1) is 24.0 Å². The van der Waals surface area contributed by atoms with Crippen molar-refractivity contribution >= 4 is 38.9 Å². The van der Waals surface area contributed by atoms with Crippen molar-refractivity contribution in [2.75, 3.05) is 20.8 Å². The van der Waals surface area contributed by atoms with E-state index in [-0.39, 0.29) is 22.5 Å². The summed E-state index contributed by atoms with van der Waals surface area (Å²) in [5.41, 5.74) is 0.653. The number of hydrogen-bond acceptors (Lipinski definition) is 6. The molecule has 1 aliphatic rings. The Morgan fingerprint density at radius 3 is 2.50 bits per heavy atom. The van der Waals surface area contributed by atoms with Gasteiger partial charge in [0.1, 0.15) is 11.5 Å². The smallest absolute Gasteiger partial charge is 0.284 e. The second-order valence-corrected chi connectivity index (χ2v) is 8.70. The molecule has 0 saturated carbocycles. The molecule has 156 valence electrons. The lowest BCUT2D eigenvalue weighted by Gasteiger charge is -2.12. The average Bonchev–Trinajstić information content (AvgIpc) is 3.03. The molecule has 1 heterocycles. The standard InChI is InChI=1S/C21H20N2O5S2/c1-4-12-23-20(24)19(13-15-10-11-16(27-2)14-18(15)28-3)29-21(23)22-30(25,26)17-8-6-5-7-9-17/h4-11,13-14H,1,12H2,2-3H3. The SMILES string of the molecule is C=CCN1C(=O)C(=Cc2ccc(OC)cc2OC)SC1=NS(=O)(=O)c1ccccc1. The average molecular weight is 445 g/mol. The number of ether oxygens (including phenoxy) is 2. The Morgan fingerprint density at radius 1 is 1.13 bits per heavy atom. The highest BCUT2D eigenvalue weighted by Gasteiger charge is 2.34. The number of carbonyl (C=O) groups excluding carboxylic acids is 1. The van der Waals surface area contributed by atoms with Crippen molar-refractivity contribution in [3.63, 3.8) is 0 Å². The number of hydrogen-bond donors (Lipinski definition) is 0. The first-order chi connectivity index (χ1) is 14.4. The molecule has 3 rings (SSSR count). The maximum absolute atomic E-state index is 12.9. The first kappa shape index (κ1) is 21.7. The number of sulfonamides is 1. The predicted molar refractivity (Wildman–Crippen MR) is 118 cm³/mol. The van der Waals surface area contributed by atoms with Crippen LogP contribution in [0.15, 0.2) is 75.4 Å². The van der Waals surface area contributed by atoms with Gasteiger partial charge >= 0.3 is 0 Å². The molecule has 1 fully saturated rings. The fourth-order valence-corrected chi connectivity index (χ4v) is 4.89. The van der Waals surface area contributed by atoms with Crippen molar-refractivity contribution in [1.29, 1.82) is 0 Å². The highest BCUT2D eigenvalue weighted by Crippen LogP contribution is 2.36. The van der Waals surface area contributed by atoms with E-state index in [2.05, 4.69) is 11.0 Å². The Bertz CT molecular complexity index is 1130. The Hall–Kier alpha value is -3.04. The van der Waals surface area contributed by atoms with Crippen LogP contribution in [0, 0.1) is 0 Å². The first-order valence-corrected chi connectivity index (χ1v) is 11.1. The molecule has 7 nitrogen and oxygen atoms in total. The Kier molecular flexibility index (Phi) is 6.63. The lowest BCUT2D eigenvalue weighted by Crippen LogP contribution is -2.29. The summed E-state index contributed by atoms with van der Waals surface area (Å²) in [7, 11) is -0.900. The zero-order chi connectivity index (χ0) is 21.7. The second kappa shape index (κ2) is 9.19.